The topological polar surface area (TPSA) is 108 Å². The van der Waals surface area contributed by atoms with Gasteiger partial charge in [-0.1, -0.05) is 48.0 Å². The van der Waals surface area contributed by atoms with Crippen molar-refractivity contribution in [3.63, 3.8) is 0 Å². The fourth-order valence-corrected chi connectivity index (χ4v) is 5.41. The van der Waals surface area contributed by atoms with Gasteiger partial charge in [0.15, 0.2) is 0 Å². The Morgan fingerprint density at radius 2 is 1.55 bits per heavy atom. The van der Waals surface area contributed by atoms with Crippen LogP contribution in [0.25, 0.3) is 0 Å². The van der Waals surface area contributed by atoms with Crippen molar-refractivity contribution >= 4 is 27.5 Å². The summed E-state index contributed by atoms with van der Waals surface area (Å²) < 4.78 is 24.8. The highest BCUT2D eigenvalue weighted by Gasteiger charge is 2.19. The van der Waals surface area contributed by atoms with E-state index in [1.807, 2.05) is 26.0 Å². The van der Waals surface area contributed by atoms with Crippen LogP contribution in [0.1, 0.15) is 59.3 Å². The highest BCUT2D eigenvalue weighted by atomic mass is 32.2. The van der Waals surface area contributed by atoms with Gasteiger partial charge in [0.1, 0.15) is 0 Å². The molecule has 8 nitrogen and oxygen atoms in total. The Morgan fingerprint density at radius 3 is 2.24 bits per heavy atom. The van der Waals surface area contributed by atoms with Gasteiger partial charge in [0.05, 0.1) is 17.4 Å². The summed E-state index contributed by atoms with van der Waals surface area (Å²) >= 11 is 0. The van der Waals surface area contributed by atoms with E-state index in [4.69, 9.17) is 0 Å². The Balaban J connectivity index is 1.31. The number of carbonyl (C=O) groups is 2. The number of piperidine rings is 1. The number of hydrazine groups is 1. The third-order valence-corrected chi connectivity index (χ3v) is 7.95. The van der Waals surface area contributed by atoms with Crippen molar-refractivity contribution in [1.29, 1.82) is 0 Å². The molecule has 3 N–H and O–H groups in total. The summed E-state index contributed by atoms with van der Waals surface area (Å²) in [5.74, 6) is -0.714. The van der Waals surface area contributed by atoms with Crippen LogP contribution in [0.2, 0.25) is 0 Å². The summed E-state index contributed by atoms with van der Waals surface area (Å²) in [5, 5.41) is 3.10. The molecule has 0 saturated carbocycles. The zero-order valence-electron chi connectivity index (χ0n) is 21.7. The summed E-state index contributed by atoms with van der Waals surface area (Å²) in [4.78, 5) is 29.8. The van der Waals surface area contributed by atoms with Crippen LogP contribution in [0.3, 0.4) is 0 Å². The van der Waals surface area contributed by atoms with Crippen molar-refractivity contribution in [2.45, 2.75) is 50.5 Å². The summed E-state index contributed by atoms with van der Waals surface area (Å²) in [7, 11) is -3.89. The fraction of sp³-hybridized carbons (Fsp3) is 0.310. The molecule has 1 saturated heterocycles. The molecule has 1 atom stereocenters. The number of aryl methyl sites for hydroxylation is 1. The zero-order valence-corrected chi connectivity index (χ0v) is 22.6. The Kier molecular flexibility index (Phi) is 8.81. The zero-order chi connectivity index (χ0) is 27.1. The summed E-state index contributed by atoms with van der Waals surface area (Å²) in [6.45, 7) is 5.91. The largest absolute Gasteiger partial charge is 0.371 e. The van der Waals surface area contributed by atoms with Gasteiger partial charge < -0.3 is 10.2 Å². The van der Waals surface area contributed by atoms with Gasteiger partial charge in [-0.2, -0.15) is 0 Å². The molecule has 0 radical (unpaired) electrons. The van der Waals surface area contributed by atoms with Crippen LogP contribution in [0.5, 0.6) is 0 Å². The second kappa shape index (κ2) is 12.2. The van der Waals surface area contributed by atoms with Crippen LogP contribution < -0.4 is 20.5 Å². The molecule has 1 unspecified atom stereocenters. The average molecular weight is 535 g/mol. The lowest BCUT2D eigenvalue weighted by Gasteiger charge is -2.32. The first-order chi connectivity index (χ1) is 18.2. The maximum Gasteiger partial charge on any atom is 0.266 e. The molecule has 0 aromatic heterocycles. The van der Waals surface area contributed by atoms with Crippen molar-refractivity contribution in [3.05, 3.63) is 95.1 Å². The predicted octanol–water partition coefficient (Wildman–Crippen LogP) is 4.03. The number of nitrogens with zero attached hydrogens (tertiary/aromatic N) is 1. The molecule has 200 valence electrons. The van der Waals surface area contributed by atoms with Gasteiger partial charge in [0.25, 0.3) is 15.9 Å². The lowest BCUT2D eigenvalue weighted by molar-refractivity contribution is -0.121. The number of amides is 2. The van der Waals surface area contributed by atoms with E-state index in [-0.39, 0.29) is 28.8 Å². The number of rotatable bonds is 9. The van der Waals surface area contributed by atoms with Gasteiger partial charge in [-0.3, -0.25) is 15.0 Å². The Morgan fingerprint density at radius 1 is 0.895 bits per heavy atom. The molecule has 0 aliphatic carbocycles. The lowest BCUT2D eigenvalue weighted by atomic mass is 10.0. The number of sulfonamides is 1. The van der Waals surface area contributed by atoms with E-state index in [0.717, 1.165) is 29.8 Å². The van der Waals surface area contributed by atoms with Crippen LogP contribution in [0.4, 0.5) is 5.69 Å². The van der Waals surface area contributed by atoms with Crippen molar-refractivity contribution in [1.82, 2.24) is 15.6 Å². The van der Waals surface area contributed by atoms with Crippen molar-refractivity contribution in [3.8, 4) is 0 Å². The van der Waals surface area contributed by atoms with Crippen LogP contribution in [-0.2, 0) is 21.2 Å². The Hall–Kier alpha value is -3.69. The fourth-order valence-electron chi connectivity index (χ4n) is 4.57. The molecule has 0 bridgehead atoms. The minimum absolute atomic E-state index is 0.0533. The second-order valence-electron chi connectivity index (χ2n) is 9.64. The first-order valence-corrected chi connectivity index (χ1v) is 14.3. The molecular weight excluding hydrogens is 500 g/mol. The normalized spacial score (nSPS) is 14.5. The summed E-state index contributed by atoms with van der Waals surface area (Å²) in [6, 6.07) is 20.9. The summed E-state index contributed by atoms with van der Waals surface area (Å²) in [5.41, 5.74) is 6.45. The van der Waals surface area contributed by atoms with E-state index in [1.54, 1.807) is 36.4 Å². The molecule has 1 heterocycles. The van der Waals surface area contributed by atoms with Gasteiger partial charge in [-0.05, 0) is 74.6 Å². The van der Waals surface area contributed by atoms with E-state index in [0.29, 0.717) is 0 Å². The first kappa shape index (κ1) is 27.3. The molecule has 1 aliphatic heterocycles. The highest BCUT2D eigenvalue weighted by molar-refractivity contribution is 7.89. The van der Waals surface area contributed by atoms with Crippen LogP contribution >= 0.6 is 0 Å². The van der Waals surface area contributed by atoms with Crippen LogP contribution in [0, 0.1) is 6.92 Å². The van der Waals surface area contributed by atoms with Crippen molar-refractivity contribution in [2.24, 2.45) is 0 Å². The lowest BCUT2D eigenvalue weighted by Crippen LogP contribution is -2.41. The maximum absolute atomic E-state index is 12.8. The number of benzene rings is 3. The first-order valence-electron chi connectivity index (χ1n) is 12.8. The Bertz CT molecular complexity index is 1370. The molecule has 4 rings (SSSR count). The minimum atomic E-state index is -3.89. The average Bonchev–Trinajstić information content (AvgIpc) is 2.93. The third-order valence-electron chi connectivity index (χ3n) is 6.69. The third kappa shape index (κ3) is 6.99. The quantitative estimate of drug-likeness (QED) is 0.360. The SMILES string of the molecule is Cc1ccc(S(=O)(=O)NNC(=O)c2ccc(CC(=O)NC(C)c3ccccc3N3CCCCC3)cc2)cc1. The minimum Gasteiger partial charge on any atom is -0.371 e. The number of nitrogens with one attached hydrogen (secondary N) is 3. The number of anilines is 1. The van der Waals surface area contributed by atoms with Gasteiger partial charge in [-0.15, -0.1) is 4.83 Å². The molecule has 0 spiro atoms. The molecule has 1 aliphatic rings. The van der Waals surface area contributed by atoms with E-state index >= 15 is 0 Å². The molecule has 1 fully saturated rings. The van der Waals surface area contributed by atoms with E-state index < -0.39 is 15.9 Å². The Labute approximate surface area is 224 Å². The van der Waals surface area contributed by atoms with Gasteiger partial charge >= 0.3 is 0 Å². The maximum atomic E-state index is 12.8. The molecule has 3 aromatic rings. The molecule has 2 amide bonds. The van der Waals surface area contributed by atoms with E-state index in [1.165, 1.54) is 37.1 Å². The monoisotopic (exact) mass is 534 g/mol. The molecule has 38 heavy (non-hydrogen) atoms. The van der Waals surface area contributed by atoms with E-state index in [2.05, 4.69) is 32.6 Å². The molecular formula is C29H34N4O4S. The van der Waals surface area contributed by atoms with Crippen molar-refractivity contribution in [2.75, 3.05) is 18.0 Å². The van der Waals surface area contributed by atoms with Crippen LogP contribution in [0.15, 0.2) is 77.7 Å². The van der Waals surface area contributed by atoms with Gasteiger partial charge in [0.2, 0.25) is 5.91 Å². The van der Waals surface area contributed by atoms with Crippen LogP contribution in [-0.4, -0.2) is 33.3 Å². The molecule has 3 aromatic carbocycles. The highest BCUT2D eigenvalue weighted by Crippen LogP contribution is 2.28. The van der Waals surface area contributed by atoms with E-state index in [9.17, 15) is 18.0 Å². The number of hydrogen-bond donors (Lipinski definition) is 3. The number of para-hydroxylation sites is 1. The number of hydrogen-bond acceptors (Lipinski definition) is 5. The standard InChI is InChI=1S/C29H34N4O4S/c1-21-10-16-25(17-11-21)38(36,37)32-31-29(35)24-14-12-23(13-15-24)20-28(34)30-22(2)26-8-4-5-9-27(26)33-18-6-3-7-19-33/h4-5,8-17,22,32H,3,6-7,18-20H2,1-2H3,(H,30,34)(H,31,35). The predicted molar refractivity (Wildman–Crippen MR) is 148 cm³/mol. The van der Waals surface area contributed by atoms with Gasteiger partial charge in [0, 0.05) is 24.3 Å². The van der Waals surface area contributed by atoms with Gasteiger partial charge in [-0.25, -0.2) is 8.42 Å². The second-order valence-corrected chi connectivity index (χ2v) is 11.3. The van der Waals surface area contributed by atoms with Crippen molar-refractivity contribution < 1.29 is 18.0 Å². The smallest absolute Gasteiger partial charge is 0.266 e. The number of carbonyl (C=O) groups excluding carboxylic acids is 2. The summed E-state index contributed by atoms with van der Waals surface area (Å²) in [6.07, 6.45) is 3.79. The molecule has 9 heteroatoms.